The predicted octanol–water partition coefficient (Wildman–Crippen LogP) is 3.72. The number of barbiturate groups is 1. The van der Waals surface area contributed by atoms with Crippen LogP contribution in [0.25, 0.3) is 6.08 Å². The van der Waals surface area contributed by atoms with Crippen LogP contribution in [-0.2, 0) is 9.59 Å². The van der Waals surface area contributed by atoms with Gasteiger partial charge in [-0.1, -0.05) is 23.2 Å². The highest BCUT2D eigenvalue weighted by Crippen LogP contribution is 2.27. The lowest BCUT2D eigenvalue weighted by molar-refractivity contribution is -0.122. The number of anilines is 1. The van der Waals surface area contributed by atoms with Crippen LogP contribution in [0.15, 0.2) is 42.0 Å². The lowest BCUT2D eigenvalue weighted by atomic mass is 10.1. The predicted molar refractivity (Wildman–Crippen MR) is 89.8 cm³/mol. The van der Waals surface area contributed by atoms with Gasteiger partial charge in [-0.3, -0.25) is 14.9 Å². The van der Waals surface area contributed by atoms with Crippen LogP contribution >= 0.6 is 34.5 Å². The summed E-state index contributed by atoms with van der Waals surface area (Å²) < 4.78 is 0.533. The number of hydrogen-bond donors (Lipinski definition) is 1. The summed E-state index contributed by atoms with van der Waals surface area (Å²) in [4.78, 5) is 38.0. The van der Waals surface area contributed by atoms with Crippen molar-refractivity contribution in [2.24, 2.45) is 0 Å². The molecule has 4 amide bonds. The lowest BCUT2D eigenvalue weighted by Gasteiger charge is -2.26. The summed E-state index contributed by atoms with van der Waals surface area (Å²) in [6, 6.07) is 8.69. The van der Waals surface area contributed by atoms with E-state index in [1.807, 2.05) is 0 Å². The SMILES string of the molecule is O=C1NC(=O)N(c2ccc(Cl)cc2)C(=O)/C1=C/c1ccc(Cl)s1. The van der Waals surface area contributed by atoms with Gasteiger partial charge < -0.3 is 0 Å². The Hall–Kier alpha value is -2.15. The number of urea groups is 1. The largest absolute Gasteiger partial charge is 0.335 e. The maximum atomic E-state index is 12.6. The van der Waals surface area contributed by atoms with Crippen molar-refractivity contribution < 1.29 is 14.4 Å². The van der Waals surface area contributed by atoms with Gasteiger partial charge in [0.1, 0.15) is 5.57 Å². The standard InChI is InChI=1S/C15H8Cl2N2O3S/c16-8-1-3-9(4-2-8)19-14(21)11(13(20)18-15(19)22)7-10-5-6-12(17)23-10/h1-7H,(H,18,20,22)/b11-7+. The summed E-state index contributed by atoms with van der Waals surface area (Å²) in [5, 5.41) is 2.62. The van der Waals surface area contributed by atoms with Crippen LogP contribution in [0.4, 0.5) is 10.5 Å². The van der Waals surface area contributed by atoms with Crippen LogP contribution in [-0.4, -0.2) is 17.8 Å². The first-order valence-electron chi connectivity index (χ1n) is 6.38. The Labute approximate surface area is 145 Å². The van der Waals surface area contributed by atoms with Crippen molar-refractivity contribution in [3.05, 3.63) is 56.2 Å². The highest BCUT2D eigenvalue weighted by Gasteiger charge is 2.36. The van der Waals surface area contributed by atoms with Crippen molar-refractivity contribution in [3.63, 3.8) is 0 Å². The number of rotatable bonds is 2. The van der Waals surface area contributed by atoms with E-state index in [2.05, 4.69) is 5.32 Å². The molecule has 5 nitrogen and oxygen atoms in total. The van der Waals surface area contributed by atoms with Crippen LogP contribution in [0.3, 0.4) is 0 Å². The Bertz CT molecular complexity index is 843. The van der Waals surface area contributed by atoms with E-state index >= 15 is 0 Å². The van der Waals surface area contributed by atoms with E-state index in [1.54, 1.807) is 24.3 Å². The fourth-order valence-corrected chi connectivity index (χ4v) is 3.16. The second-order valence-corrected chi connectivity index (χ2v) is 6.76. The van der Waals surface area contributed by atoms with Gasteiger partial charge in [-0.2, -0.15) is 0 Å². The summed E-state index contributed by atoms with van der Waals surface area (Å²) in [6.07, 6.45) is 1.41. The molecule has 0 radical (unpaired) electrons. The highest BCUT2D eigenvalue weighted by molar-refractivity contribution is 7.17. The Morgan fingerprint density at radius 2 is 1.70 bits per heavy atom. The van der Waals surface area contributed by atoms with Crippen molar-refractivity contribution in [1.82, 2.24) is 5.32 Å². The Morgan fingerprint density at radius 1 is 1.00 bits per heavy atom. The number of hydrogen-bond acceptors (Lipinski definition) is 4. The summed E-state index contributed by atoms with van der Waals surface area (Å²) in [5.74, 6) is -1.44. The zero-order valence-corrected chi connectivity index (χ0v) is 13.7. The molecule has 1 aromatic heterocycles. The fraction of sp³-hybridized carbons (Fsp3) is 0. The lowest BCUT2D eigenvalue weighted by Crippen LogP contribution is -2.54. The normalized spacial score (nSPS) is 16.9. The minimum atomic E-state index is -0.802. The zero-order chi connectivity index (χ0) is 16.6. The van der Waals surface area contributed by atoms with Crippen molar-refractivity contribution in [3.8, 4) is 0 Å². The van der Waals surface area contributed by atoms with E-state index in [0.717, 1.165) is 4.90 Å². The molecule has 0 saturated carbocycles. The van der Waals surface area contributed by atoms with Gasteiger partial charge in [-0.05, 0) is 42.5 Å². The van der Waals surface area contributed by atoms with Gasteiger partial charge in [0, 0.05) is 9.90 Å². The molecular weight excluding hydrogens is 359 g/mol. The Balaban J connectivity index is 2.00. The van der Waals surface area contributed by atoms with Crippen LogP contribution in [0.5, 0.6) is 0 Å². The van der Waals surface area contributed by atoms with E-state index in [-0.39, 0.29) is 5.57 Å². The summed E-state index contributed by atoms with van der Waals surface area (Å²) in [5.41, 5.74) is 0.178. The Morgan fingerprint density at radius 3 is 2.30 bits per heavy atom. The first-order valence-corrected chi connectivity index (χ1v) is 7.95. The molecule has 116 valence electrons. The molecule has 0 atom stereocenters. The minimum absolute atomic E-state index is 0.141. The van der Waals surface area contributed by atoms with Crippen LogP contribution in [0.1, 0.15) is 4.88 Å². The average molecular weight is 367 g/mol. The van der Waals surface area contributed by atoms with E-state index in [9.17, 15) is 14.4 Å². The van der Waals surface area contributed by atoms with Crippen LogP contribution < -0.4 is 10.2 Å². The maximum absolute atomic E-state index is 12.6. The van der Waals surface area contributed by atoms with E-state index in [0.29, 0.717) is 19.9 Å². The van der Waals surface area contributed by atoms with Crippen molar-refractivity contribution >= 4 is 64.1 Å². The van der Waals surface area contributed by atoms with Crippen molar-refractivity contribution in [2.75, 3.05) is 4.90 Å². The van der Waals surface area contributed by atoms with Gasteiger partial charge in [0.25, 0.3) is 11.8 Å². The van der Waals surface area contributed by atoms with E-state index in [1.165, 1.54) is 29.5 Å². The molecule has 8 heteroatoms. The van der Waals surface area contributed by atoms with Gasteiger partial charge in [0.2, 0.25) is 0 Å². The van der Waals surface area contributed by atoms with Crippen molar-refractivity contribution in [1.29, 1.82) is 0 Å². The summed E-state index contributed by atoms with van der Waals surface area (Å²) >= 11 is 12.9. The second kappa shape index (κ2) is 6.16. The molecular formula is C15H8Cl2N2O3S. The number of imide groups is 2. The number of nitrogens with zero attached hydrogens (tertiary/aromatic N) is 1. The van der Waals surface area contributed by atoms with Crippen LogP contribution in [0.2, 0.25) is 9.36 Å². The molecule has 0 unspecified atom stereocenters. The third-order valence-electron chi connectivity index (χ3n) is 3.07. The topological polar surface area (TPSA) is 66.5 Å². The molecule has 2 aromatic rings. The van der Waals surface area contributed by atoms with E-state index < -0.39 is 17.8 Å². The maximum Gasteiger partial charge on any atom is 0.335 e. The molecule has 23 heavy (non-hydrogen) atoms. The van der Waals surface area contributed by atoms with Gasteiger partial charge >= 0.3 is 6.03 Å². The zero-order valence-electron chi connectivity index (χ0n) is 11.4. The van der Waals surface area contributed by atoms with Gasteiger partial charge in [-0.25, -0.2) is 9.69 Å². The molecule has 0 spiro atoms. The molecule has 0 bridgehead atoms. The first kappa shape index (κ1) is 15.7. The number of carbonyl (C=O) groups is 3. The molecule has 1 N–H and O–H groups in total. The highest BCUT2D eigenvalue weighted by atomic mass is 35.5. The summed E-state index contributed by atoms with van der Waals surface area (Å²) in [6.45, 7) is 0. The molecule has 1 aliphatic heterocycles. The third kappa shape index (κ3) is 3.14. The number of carbonyl (C=O) groups excluding carboxylic acids is 3. The monoisotopic (exact) mass is 366 g/mol. The number of nitrogens with one attached hydrogen (secondary N) is 1. The van der Waals surface area contributed by atoms with Gasteiger partial charge in [0.05, 0.1) is 10.0 Å². The molecule has 1 saturated heterocycles. The number of benzene rings is 1. The fourth-order valence-electron chi connectivity index (χ4n) is 2.03. The first-order chi connectivity index (χ1) is 11.0. The molecule has 1 aromatic carbocycles. The molecule has 0 aliphatic carbocycles. The smallest absolute Gasteiger partial charge is 0.273 e. The van der Waals surface area contributed by atoms with Gasteiger partial charge in [0.15, 0.2) is 0 Å². The van der Waals surface area contributed by atoms with Gasteiger partial charge in [-0.15, -0.1) is 11.3 Å². The molecule has 2 heterocycles. The minimum Gasteiger partial charge on any atom is -0.273 e. The number of thiophene rings is 1. The Kier molecular flexibility index (Phi) is 4.21. The number of amides is 4. The number of halogens is 2. The molecule has 3 rings (SSSR count). The third-order valence-corrected chi connectivity index (χ3v) is 4.50. The van der Waals surface area contributed by atoms with E-state index in [4.69, 9.17) is 23.2 Å². The van der Waals surface area contributed by atoms with Crippen LogP contribution in [0, 0.1) is 0 Å². The second-order valence-electron chi connectivity index (χ2n) is 4.58. The molecule has 1 fully saturated rings. The average Bonchev–Trinajstić information content (AvgIpc) is 2.91. The summed E-state index contributed by atoms with van der Waals surface area (Å²) in [7, 11) is 0. The quantitative estimate of drug-likeness (QED) is 0.650. The molecule has 1 aliphatic rings. The van der Waals surface area contributed by atoms with Crippen molar-refractivity contribution in [2.45, 2.75) is 0 Å².